The molecule has 0 unspecified atom stereocenters. The van der Waals surface area contributed by atoms with Gasteiger partial charge >= 0.3 is 6.09 Å². The van der Waals surface area contributed by atoms with Crippen LogP contribution in [0.3, 0.4) is 0 Å². The lowest BCUT2D eigenvalue weighted by molar-refractivity contribution is -0.129. The minimum absolute atomic E-state index is 0.00375. The first-order chi connectivity index (χ1) is 8.06. The number of hydrogen-bond donors (Lipinski definition) is 0. The highest BCUT2D eigenvalue weighted by atomic mass is 19.1. The van der Waals surface area contributed by atoms with Gasteiger partial charge in [0.15, 0.2) is 0 Å². The van der Waals surface area contributed by atoms with E-state index >= 15 is 0 Å². The van der Waals surface area contributed by atoms with Crippen LogP contribution in [-0.4, -0.2) is 35.2 Å². The SMILES string of the molecule is C#C[C@@H]1COC(=O)N1C(=O)CCC1(F)CCC1. The zero-order chi connectivity index (χ0) is 12.5. The Hall–Kier alpha value is -1.57. The number of alkyl halides is 1. The zero-order valence-corrected chi connectivity index (χ0v) is 9.45. The maximum atomic E-state index is 13.7. The molecule has 1 saturated carbocycles. The average Bonchev–Trinajstić information content (AvgIpc) is 2.64. The van der Waals surface area contributed by atoms with Gasteiger partial charge in [-0.3, -0.25) is 4.79 Å². The van der Waals surface area contributed by atoms with Gasteiger partial charge in [0.2, 0.25) is 5.91 Å². The van der Waals surface area contributed by atoms with Crippen LogP contribution in [0.15, 0.2) is 0 Å². The van der Waals surface area contributed by atoms with Crippen LogP contribution in [0.25, 0.3) is 0 Å². The van der Waals surface area contributed by atoms with Gasteiger partial charge in [0, 0.05) is 6.42 Å². The molecule has 2 aliphatic rings. The Morgan fingerprint density at radius 3 is 2.88 bits per heavy atom. The van der Waals surface area contributed by atoms with Crippen LogP contribution in [0.1, 0.15) is 32.1 Å². The molecule has 0 N–H and O–H groups in total. The van der Waals surface area contributed by atoms with Crippen LogP contribution < -0.4 is 0 Å². The molecule has 0 bridgehead atoms. The number of nitrogens with zero attached hydrogens (tertiary/aromatic N) is 1. The summed E-state index contributed by atoms with van der Waals surface area (Å²) in [4.78, 5) is 24.0. The van der Waals surface area contributed by atoms with Crippen LogP contribution in [0.5, 0.6) is 0 Å². The third-order valence-electron chi connectivity index (χ3n) is 3.37. The third kappa shape index (κ3) is 2.26. The van der Waals surface area contributed by atoms with Crippen molar-refractivity contribution in [3.05, 3.63) is 0 Å². The van der Waals surface area contributed by atoms with E-state index in [2.05, 4.69) is 5.92 Å². The van der Waals surface area contributed by atoms with Gasteiger partial charge in [0.1, 0.15) is 18.3 Å². The molecule has 1 atom stereocenters. The van der Waals surface area contributed by atoms with Crippen LogP contribution in [0.4, 0.5) is 9.18 Å². The Morgan fingerprint density at radius 2 is 2.35 bits per heavy atom. The fraction of sp³-hybridized carbons (Fsp3) is 0.667. The first-order valence-corrected chi connectivity index (χ1v) is 5.70. The number of carbonyl (C=O) groups excluding carboxylic acids is 2. The standard InChI is InChI=1S/C12H14FNO3/c1-2-9-8-17-11(16)14(9)10(15)4-7-12(13)5-3-6-12/h1,9H,3-8H2/t9-/m1/s1. The molecule has 2 rings (SSSR count). The molecule has 17 heavy (non-hydrogen) atoms. The molecule has 5 heteroatoms. The number of carbonyl (C=O) groups is 2. The maximum absolute atomic E-state index is 13.7. The molecule has 1 aliphatic heterocycles. The third-order valence-corrected chi connectivity index (χ3v) is 3.37. The van der Waals surface area contributed by atoms with E-state index in [1.54, 1.807) is 0 Å². The maximum Gasteiger partial charge on any atom is 0.417 e. The minimum atomic E-state index is -1.22. The van der Waals surface area contributed by atoms with Gasteiger partial charge in [-0.1, -0.05) is 5.92 Å². The van der Waals surface area contributed by atoms with E-state index in [-0.39, 0.29) is 19.4 Å². The van der Waals surface area contributed by atoms with Crippen LogP contribution >= 0.6 is 0 Å². The van der Waals surface area contributed by atoms with Crippen molar-refractivity contribution >= 4 is 12.0 Å². The number of terminal acetylenes is 1. The molecule has 4 nitrogen and oxygen atoms in total. The summed E-state index contributed by atoms with van der Waals surface area (Å²) in [6.07, 6.45) is 6.51. The van der Waals surface area contributed by atoms with Crippen molar-refractivity contribution in [1.82, 2.24) is 4.90 Å². The summed E-state index contributed by atoms with van der Waals surface area (Å²) in [5.74, 6) is 1.87. The van der Waals surface area contributed by atoms with E-state index in [9.17, 15) is 14.0 Å². The Bertz CT molecular complexity index is 384. The molecule has 0 aromatic carbocycles. The number of cyclic esters (lactones) is 1. The first-order valence-electron chi connectivity index (χ1n) is 5.70. The zero-order valence-electron chi connectivity index (χ0n) is 9.45. The average molecular weight is 239 g/mol. The van der Waals surface area contributed by atoms with E-state index in [1.165, 1.54) is 0 Å². The number of hydrogen-bond acceptors (Lipinski definition) is 3. The van der Waals surface area contributed by atoms with E-state index in [1.807, 2.05) is 0 Å². The molecular formula is C12H14FNO3. The molecule has 92 valence electrons. The van der Waals surface area contributed by atoms with Gasteiger partial charge in [-0.25, -0.2) is 14.1 Å². The highest BCUT2D eigenvalue weighted by Gasteiger charge is 2.40. The molecule has 1 aliphatic carbocycles. The largest absolute Gasteiger partial charge is 0.446 e. The lowest BCUT2D eigenvalue weighted by Crippen LogP contribution is -2.40. The molecule has 1 saturated heterocycles. The molecule has 2 amide bonds. The fourth-order valence-corrected chi connectivity index (χ4v) is 2.08. The van der Waals surface area contributed by atoms with Gasteiger partial charge in [-0.05, 0) is 25.7 Å². The molecule has 2 fully saturated rings. The number of halogens is 1. The topological polar surface area (TPSA) is 46.6 Å². The van der Waals surface area contributed by atoms with E-state index in [0.29, 0.717) is 12.8 Å². The summed E-state index contributed by atoms with van der Waals surface area (Å²) in [6.45, 7) is 0.0296. The van der Waals surface area contributed by atoms with Crippen LogP contribution in [0, 0.1) is 12.3 Å². The lowest BCUT2D eigenvalue weighted by atomic mass is 9.79. The van der Waals surface area contributed by atoms with Gasteiger partial charge in [-0.2, -0.15) is 0 Å². The van der Waals surface area contributed by atoms with Crippen molar-refractivity contribution in [3.63, 3.8) is 0 Å². The Labute approximate surface area is 99.1 Å². The number of imide groups is 1. The summed E-state index contributed by atoms with van der Waals surface area (Å²) in [6, 6.07) is -0.646. The lowest BCUT2D eigenvalue weighted by Gasteiger charge is -2.33. The smallest absolute Gasteiger partial charge is 0.417 e. The fourth-order valence-electron chi connectivity index (χ4n) is 2.08. The second-order valence-corrected chi connectivity index (χ2v) is 4.53. The van der Waals surface area contributed by atoms with Crippen molar-refractivity contribution in [2.45, 2.75) is 43.8 Å². The molecule has 0 aromatic rings. The van der Waals surface area contributed by atoms with Gasteiger partial charge < -0.3 is 4.74 Å². The number of ether oxygens (including phenoxy) is 1. The summed E-state index contributed by atoms with van der Waals surface area (Å²) < 4.78 is 18.4. The second-order valence-electron chi connectivity index (χ2n) is 4.53. The van der Waals surface area contributed by atoms with E-state index in [0.717, 1.165) is 11.3 Å². The molecular weight excluding hydrogens is 225 g/mol. The molecule has 1 heterocycles. The summed E-state index contributed by atoms with van der Waals surface area (Å²) in [5.41, 5.74) is -1.22. The number of amides is 2. The van der Waals surface area contributed by atoms with E-state index in [4.69, 9.17) is 11.2 Å². The monoisotopic (exact) mass is 239 g/mol. The van der Waals surface area contributed by atoms with Crippen LogP contribution in [-0.2, 0) is 9.53 Å². The highest BCUT2D eigenvalue weighted by Crippen LogP contribution is 2.39. The predicted molar refractivity (Wildman–Crippen MR) is 57.7 cm³/mol. The molecule has 0 aromatic heterocycles. The van der Waals surface area contributed by atoms with Crippen molar-refractivity contribution < 1.29 is 18.7 Å². The van der Waals surface area contributed by atoms with Crippen molar-refractivity contribution in [1.29, 1.82) is 0 Å². The van der Waals surface area contributed by atoms with Gasteiger partial charge in [0.25, 0.3) is 0 Å². The molecule has 0 spiro atoms. The highest BCUT2D eigenvalue weighted by molar-refractivity contribution is 5.94. The van der Waals surface area contributed by atoms with Crippen molar-refractivity contribution in [2.75, 3.05) is 6.61 Å². The first kappa shape index (κ1) is 11.9. The Kier molecular flexibility index (Phi) is 3.05. The predicted octanol–water partition coefficient (Wildman–Crippen LogP) is 1.64. The second kappa shape index (κ2) is 4.36. The summed E-state index contributed by atoms with van der Waals surface area (Å²) in [5, 5.41) is 0. The van der Waals surface area contributed by atoms with Crippen molar-refractivity contribution in [2.24, 2.45) is 0 Å². The quantitative estimate of drug-likeness (QED) is 0.703. The van der Waals surface area contributed by atoms with E-state index < -0.39 is 23.7 Å². The summed E-state index contributed by atoms with van der Waals surface area (Å²) in [7, 11) is 0. The van der Waals surface area contributed by atoms with Gasteiger partial charge in [-0.15, -0.1) is 6.42 Å². The minimum Gasteiger partial charge on any atom is -0.446 e. The molecule has 0 radical (unpaired) electrons. The van der Waals surface area contributed by atoms with Crippen molar-refractivity contribution in [3.8, 4) is 12.3 Å². The Balaban J connectivity index is 1.90. The number of rotatable bonds is 3. The van der Waals surface area contributed by atoms with Crippen LogP contribution in [0.2, 0.25) is 0 Å². The normalized spacial score (nSPS) is 26.0. The Morgan fingerprint density at radius 1 is 1.65 bits per heavy atom. The summed E-state index contributed by atoms with van der Waals surface area (Å²) >= 11 is 0. The van der Waals surface area contributed by atoms with Gasteiger partial charge in [0.05, 0.1) is 0 Å².